The van der Waals surface area contributed by atoms with Crippen molar-refractivity contribution in [3.63, 3.8) is 0 Å². The highest BCUT2D eigenvalue weighted by molar-refractivity contribution is 5.82. The largest absolute Gasteiger partial charge is 0.375 e. The van der Waals surface area contributed by atoms with Gasteiger partial charge in [-0.2, -0.15) is 0 Å². The van der Waals surface area contributed by atoms with Crippen molar-refractivity contribution in [2.45, 2.75) is 19.6 Å². The number of hydrogen-bond donors (Lipinski definition) is 2. The average molecular weight is 332 g/mol. The lowest BCUT2D eigenvalue weighted by atomic mass is 10.2. The predicted molar refractivity (Wildman–Crippen MR) is 90.9 cm³/mol. The Morgan fingerprint density at radius 1 is 1.33 bits per heavy atom. The molecule has 2 heterocycles. The molecule has 2 aliphatic rings. The Bertz CT molecular complexity index is 590. The molecule has 1 unspecified atom stereocenters. The first-order valence-corrected chi connectivity index (χ1v) is 8.37. The summed E-state index contributed by atoms with van der Waals surface area (Å²) < 4.78 is 5.44. The lowest BCUT2D eigenvalue weighted by Gasteiger charge is -2.31. The van der Waals surface area contributed by atoms with Gasteiger partial charge in [0.15, 0.2) is 0 Å². The van der Waals surface area contributed by atoms with Crippen molar-refractivity contribution in [1.29, 1.82) is 0 Å². The molecule has 2 fully saturated rings. The molecule has 2 saturated heterocycles. The van der Waals surface area contributed by atoms with Gasteiger partial charge >= 0.3 is 6.03 Å². The fourth-order valence-corrected chi connectivity index (χ4v) is 2.98. The first-order valence-electron chi connectivity index (χ1n) is 8.37. The lowest BCUT2D eigenvalue weighted by molar-refractivity contribution is -0.120. The molecule has 1 atom stereocenters. The van der Waals surface area contributed by atoms with Gasteiger partial charge in [-0.3, -0.25) is 4.79 Å². The number of nitrogens with zero attached hydrogens (tertiary/aromatic N) is 2. The summed E-state index contributed by atoms with van der Waals surface area (Å²) in [6.07, 6.45) is 0.0885. The van der Waals surface area contributed by atoms with Crippen LogP contribution in [0.5, 0.6) is 0 Å². The average Bonchev–Trinajstić information content (AvgIpc) is 2.60. The molecule has 3 rings (SSSR count). The van der Waals surface area contributed by atoms with Gasteiger partial charge in [0.2, 0.25) is 5.91 Å². The zero-order valence-corrected chi connectivity index (χ0v) is 14.0. The summed E-state index contributed by atoms with van der Waals surface area (Å²) >= 11 is 0. The van der Waals surface area contributed by atoms with Gasteiger partial charge < -0.3 is 25.2 Å². The number of ether oxygens (including phenoxy) is 1. The van der Waals surface area contributed by atoms with Crippen molar-refractivity contribution < 1.29 is 14.3 Å². The third kappa shape index (κ3) is 4.17. The van der Waals surface area contributed by atoms with Crippen molar-refractivity contribution in [3.8, 4) is 0 Å². The fraction of sp³-hybridized carbons (Fsp3) is 0.529. The number of rotatable bonds is 3. The summed E-state index contributed by atoms with van der Waals surface area (Å²) in [6.45, 7) is 6.20. The summed E-state index contributed by atoms with van der Waals surface area (Å²) in [7, 11) is 0. The van der Waals surface area contributed by atoms with Crippen LogP contribution in [0.15, 0.2) is 24.3 Å². The minimum atomic E-state index is -0.0538. The van der Waals surface area contributed by atoms with E-state index in [9.17, 15) is 9.59 Å². The Morgan fingerprint density at radius 2 is 2.12 bits per heavy atom. The molecule has 1 aromatic carbocycles. The second kappa shape index (κ2) is 7.53. The second-order valence-electron chi connectivity index (χ2n) is 6.22. The number of amides is 3. The highest BCUT2D eigenvalue weighted by Crippen LogP contribution is 2.16. The lowest BCUT2D eigenvalue weighted by Crippen LogP contribution is -2.48. The van der Waals surface area contributed by atoms with Crippen molar-refractivity contribution in [2.75, 3.05) is 44.2 Å². The van der Waals surface area contributed by atoms with Crippen molar-refractivity contribution in [2.24, 2.45) is 0 Å². The van der Waals surface area contributed by atoms with E-state index in [0.29, 0.717) is 39.3 Å². The van der Waals surface area contributed by atoms with E-state index in [2.05, 4.69) is 15.5 Å². The molecule has 2 aliphatic heterocycles. The van der Waals surface area contributed by atoms with E-state index >= 15 is 0 Å². The topological polar surface area (TPSA) is 73.9 Å². The molecular formula is C17H24N4O3. The normalized spacial score (nSPS) is 21.4. The number of carbonyl (C=O) groups excluding carboxylic acids is 2. The van der Waals surface area contributed by atoms with Crippen LogP contribution in [0.2, 0.25) is 0 Å². The van der Waals surface area contributed by atoms with Crippen molar-refractivity contribution in [3.05, 3.63) is 29.8 Å². The maximum absolute atomic E-state index is 12.2. The van der Waals surface area contributed by atoms with Crippen LogP contribution in [-0.2, 0) is 16.1 Å². The third-order valence-corrected chi connectivity index (χ3v) is 4.31. The number of carbonyl (C=O) groups is 2. The van der Waals surface area contributed by atoms with Gasteiger partial charge in [-0.1, -0.05) is 12.1 Å². The zero-order valence-electron chi connectivity index (χ0n) is 14.0. The Kier molecular flexibility index (Phi) is 5.20. The van der Waals surface area contributed by atoms with Crippen LogP contribution in [0.25, 0.3) is 0 Å². The minimum Gasteiger partial charge on any atom is -0.375 e. The highest BCUT2D eigenvalue weighted by Gasteiger charge is 2.21. The first-order chi connectivity index (χ1) is 11.6. The highest BCUT2D eigenvalue weighted by atomic mass is 16.5. The Hall–Kier alpha value is -2.28. The monoisotopic (exact) mass is 332 g/mol. The summed E-state index contributed by atoms with van der Waals surface area (Å²) in [4.78, 5) is 27.5. The van der Waals surface area contributed by atoms with E-state index in [1.165, 1.54) is 0 Å². The van der Waals surface area contributed by atoms with Gasteiger partial charge in [0, 0.05) is 38.4 Å². The van der Waals surface area contributed by atoms with Gasteiger partial charge in [-0.25, -0.2) is 4.79 Å². The van der Waals surface area contributed by atoms with Crippen LogP contribution in [0.1, 0.15) is 12.5 Å². The molecule has 0 bridgehead atoms. The van der Waals surface area contributed by atoms with Gasteiger partial charge in [0.1, 0.15) is 0 Å². The molecule has 0 aliphatic carbocycles. The van der Waals surface area contributed by atoms with E-state index in [0.717, 1.165) is 17.8 Å². The predicted octanol–water partition coefficient (Wildman–Crippen LogP) is 0.553. The summed E-state index contributed by atoms with van der Waals surface area (Å²) in [5, 5.41) is 5.77. The third-order valence-electron chi connectivity index (χ3n) is 4.31. The van der Waals surface area contributed by atoms with E-state index in [1.807, 2.05) is 31.2 Å². The molecule has 0 radical (unpaired) electrons. The molecular weight excluding hydrogens is 308 g/mol. The number of hydrogen-bond acceptors (Lipinski definition) is 4. The van der Waals surface area contributed by atoms with Crippen LogP contribution < -0.4 is 15.5 Å². The maximum atomic E-state index is 12.2. The molecule has 2 N–H and O–H groups in total. The molecule has 24 heavy (non-hydrogen) atoms. The zero-order chi connectivity index (χ0) is 16.9. The Labute approximate surface area is 141 Å². The number of anilines is 1. The summed E-state index contributed by atoms with van der Waals surface area (Å²) in [5.41, 5.74) is 2.07. The molecule has 0 saturated carbocycles. The summed E-state index contributed by atoms with van der Waals surface area (Å²) in [6, 6.07) is 7.92. The smallest absolute Gasteiger partial charge is 0.317 e. The molecule has 7 nitrogen and oxygen atoms in total. The standard InChI is InChI=1S/C17H24N4O3/c1-13-11-21(8-9-24-13)17(23)19-10-14-2-4-15(5-3-14)20-7-6-18-16(22)12-20/h2-5,13H,6-12H2,1H3,(H,18,22)(H,19,23). The van der Waals surface area contributed by atoms with E-state index < -0.39 is 0 Å². The van der Waals surface area contributed by atoms with Gasteiger partial charge in [-0.15, -0.1) is 0 Å². The molecule has 130 valence electrons. The van der Waals surface area contributed by atoms with Crippen molar-refractivity contribution in [1.82, 2.24) is 15.5 Å². The van der Waals surface area contributed by atoms with Crippen LogP contribution in [0.4, 0.5) is 10.5 Å². The molecule has 1 aromatic rings. The van der Waals surface area contributed by atoms with Crippen LogP contribution in [0.3, 0.4) is 0 Å². The van der Waals surface area contributed by atoms with Crippen LogP contribution in [0, 0.1) is 0 Å². The number of piperazine rings is 1. The Balaban J connectivity index is 1.50. The molecule has 7 heteroatoms. The van der Waals surface area contributed by atoms with E-state index in [4.69, 9.17) is 4.74 Å². The quantitative estimate of drug-likeness (QED) is 0.848. The number of urea groups is 1. The molecule has 0 spiro atoms. The van der Waals surface area contributed by atoms with Gasteiger partial charge in [0.25, 0.3) is 0 Å². The minimum absolute atomic E-state index is 0.0531. The molecule has 3 amide bonds. The van der Waals surface area contributed by atoms with Crippen LogP contribution in [-0.4, -0.2) is 62.3 Å². The van der Waals surface area contributed by atoms with E-state index in [1.54, 1.807) is 4.90 Å². The Morgan fingerprint density at radius 3 is 2.83 bits per heavy atom. The number of morpholine rings is 1. The maximum Gasteiger partial charge on any atom is 0.317 e. The van der Waals surface area contributed by atoms with Crippen molar-refractivity contribution >= 4 is 17.6 Å². The second-order valence-corrected chi connectivity index (χ2v) is 6.22. The van der Waals surface area contributed by atoms with E-state index in [-0.39, 0.29) is 18.0 Å². The number of nitrogens with one attached hydrogen (secondary N) is 2. The SMILES string of the molecule is CC1CN(C(=O)NCc2ccc(N3CCNC(=O)C3)cc2)CCO1. The molecule has 0 aromatic heterocycles. The summed E-state index contributed by atoms with van der Waals surface area (Å²) in [5.74, 6) is 0.0531. The van der Waals surface area contributed by atoms with Crippen LogP contribution >= 0.6 is 0 Å². The fourth-order valence-electron chi connectivity index (χ4n) is 2.98. The van der Waals surface area contributed by atoms with Gasteiger partial charge in [-0.05, 0) is 24.6 Å². The number of benzene rings is 1. The first kappa shape index (κ1) is 16.6. The van der Waals surface area contributed by atoms with Gasteiger partial charge in [0.05, 0.1) is 19.3 Å².